The van der Waals surface area contributed by atoms with Gasteiger partial charge in [0.1, 0.15) is 17.3 Å². The first-order chi connectivity index (χ1) is 11.3. The molecule has 0 heterocycles. The van der Waals surface area contributed by atoms with E-state index in [1.165, 1.54) is 25.3 Å². The molecular weight excluding hydrogens is 346 g/mol. The fourth-order valence-corrected chi connectivity index (χ4v) is 2.17. The zero-order chi connectivity index (χ0) is 17.9. The molecule has 0 spiro atoms. The molecule has 0 bridgehead atoms. The van der Waals surface area contributed by atoms with Crippen molar-refractivity contribution in [1.82, 2.24) is 0 Å². The normalized spacial score (nSPS) is 11.9. The Labute approximate surface area is 140 Å². The van der Waals surface area contributed by atoms with E-state index in [2.05, 4.69) is 5.32 Å². The number of methoxy groups -OCH3 is 1. The van der Waals surface area contributed by atoms with Gasteiger partial charge in [-0.2, -0.15) is 4.39 Å². The molecule has 2 N–H and O–H groups in total. The Kier molecular flexibility index (Phi) is 5.53. The lowest BCUT2D eigenvalue weighted by atomic mass is 10.1. The predicted molar refractivity (Wildman–Crippen MR) is 84.5 cm³/mol. The standard InChI is InChI=1S/C15H13ClF2N2O4/c1-24-9-5-12(18)15(20(22)23)13(6-9)19-7-14(21)8-2-3-10(16)11(17)4-8/h2-6,14,19,21H,7H2,1H3. The highest BCUT2D eigenvalue weighted by Gasteiger charge is 2.23. The smallest absolute Gasteiger partial charge is 0.327 e. The number of hydrogen-bond acceptors (Lipinski definition) is 5. The van der Waals surface area contributed by atoms with Crippen molar-refractivity contribution in [3.8, 4) is 5.75 Å². The summed E-state index contributed by atoms with van der Waals surface area (Å²) in [5.74, 6) is -1.70. The third-order valence-corrected chi connectivity index (χ3v) is 3.58. The summed E-state index contributed by atoms with van der Waals surface area (Å²) in [5, 5.41) is 23.5. The zero-order valence-corrected chi connectivity index (χ0v) is 13.2. The van der Waals surface area contributed by atoms with Crippen LogP contribution in [0.1, 0.15) is 11.7 Å². The number of nitro benzene ring substituents is 1. The maximum absolute atomic E-state index is 13.8. The van der Waals surface area contributed by atoms with Crippen molar-refractivity contribution in [1.29, 1.82) is 0 Å². The van der Waals surface area contributed by atoms with Gasteiger partial charge in [0.05, 0.1) is 23.2 Å². The van der Waals surface area contributed by atoms with E-state index in [1.807, 2.05) is 0 Å². The maximum Gasteiger partial charge on any atom is 0.327 e. The molecule has 2 aromatic carbocycles. The van der Waals surface area contributed by atoms with E-state index in [4.69, 9.17) is 16.3 Å². The monoisotopic (exact) mass is 358 g/mol. The quantitative estimate of drug-likeness (QED) is 0.608. The minimum atomic E-state index is -1.19. The van der Waals surface area contributed by atoms with Gasteiger partial charge in [-0.1, -0.05) is 17.7 Å². The fraction of sp³-hybridized carbons (Fsp3) is 0.200. The van der Waals surface area contributed by atoms with Gasteiger partial charge in [-0.3, -0.25) is 10.1 Å². The third-order valence-electron chi connectivity index (χ3n) is 3.27. The lowest BCUT2D eigenvalue weighted by Gasteiger charge is -2.14. The van der Waals surface area contributed by atoms with E-state index in [1.54, 1.807) is 0 Å². The second-order valence-electron chi connectivity index (χ2n) is 4.83. The lowest BCUT2D eigenvalue weighted by Crippen LogP contribution is -2.14. The number of halogens is 3. The number of hydrogen-bond donors (Lipinski definition) is 2. The van der Waals surface area contributed by atoms with Crippen LogP contribution < -0.4 is 10.1 Å². The number of benzene rings is 2. The summed E-state index contributed by atoms with van der Waals surface area (Å²) in [6.45, 7) is -0.214. The first kappa shape index (κ1) is 17.9. The molecule has 0 amide bonds. The molecule has 24 heavy (non-hydrogen) atoms. The van der Waals surface area contributed by atoms with Crippen molar-refractivity contribution in [2.24, 2.45) is 0 Å². The Balaban J connectivity index is 2.22. The van der Waals surface area contributed by atoms with Crippen LogP contribution in [-0.4, -0.2) is 23.7 Å². The van der Waals surface area contributed by atoms with E-state index >= 15 is 0 Å². The van der Waals surface area contributed by atoms with Gasteiger partial charge < -0.3 is 15.2 Å². The molecule has 0 aromatic heterocycles. The topological polar surface area (TPSA) is 84.6 Å². The largest absolute Gasteiger partial charge is 0.497 e. The van der Waals surface area contributed by atoms with Crippen LogP contribution in [0, 0.1) is 21.7 Å². The third kappa shape index (κ3) is 3.90. The SMILES string of the molecule is COc1cc(F)c([N+](=O)[O-])c(NCC(O)c2ccc(Cl)c(F)c2)c1. The molecule has 0 saturated carbocycles. The van der Waals surface area contributed by atoms with Crippen LogP contribution in [0.3, 0.4) is 0 Å². The maximum atomic E-state index is 13.8. The summed E-state index contributed by atoms with van der Waals surface area (Å²) in [5.41, 5.74) is -0.717. The van der Waals surface area contributed by atoms with Crippen LogP contribution in [-0.2, 0) is 0 Å². The molecule has 128 valence electrons. The summed E-state index contributed by atoms with van der Waals surface area (Å²) in [6, 6.07) is 5.86. The molecule has 6 nitrogen and oxygen atoms in total. The van der Waals surface area contributed by atoms with Crippen LogP contribution in [0.4, 0.5) is 20.2 Å². The summed E-state index contributed by atoms with van der Waals surface area (Å²) in [4.78, 5) is 10.1. The average molecular weight is 359 g/mol. The number of nitro groups is 1. The first-order valence-corrected chi connectivity index (χ1v) is 7.10. The van der Waals surface area contributed by atoms with Crippen LogP contribution in [0.25, 0.3) is 0 Å². The number of ether oxygens (including phenoxy) is 1. The van der Waals surface area contributed by atoms with Crippen LogP contribution >= 0.6 is 11.6 Å². The molecular formula is C15H13ClF2N2O4. The summed E-state index contributed by atoms with van der Waals surface area (Å²) < 4.78 is 32.1. The number of nitrogens with zero attached hydrogens (tertiary/aromatic N) is 1. The van der Waals surface area contributed by atoms with Crippen molar-refractivity contribution in [3.63, 3.8) is 0 Å². The van der Waals surface area contributed by atoms with Gasteiger partial charge in [-0.15, -0.1) is 0 Å². The molecule has 1 atom stereocenters. The second kappa shape index (κ2) is 7.41. The highest BCUT2D eigenvalue weighted by molar-refractivity contribution is 6.30. The van der Waals surface area contributed by atoms with Crippen molar-refractivity contribution in [2.45, 2.75) is 6.10 Å². The lowest BCUT2D eigenvalue weighted by molar-refractivity contribution is -0.386. The molecule has 1 unspecified atom stereocenters. The number of nitrogens with one attached hydrogen (secondary N) is 1. The van der Waals surface area contributed by atoms with Gasteiger partial charge in [0.25, 0.3) is 0 Å². The van der Waals surface area contributed by atoms with Gasteiger partial charge in [0, 0.05) is 18.7 Å². The van der Waals surface area contributed by atoms with Crippen molar-refractivity contribution in [3.05, 3.63) is 62.7 Å². The Morgan fingerprint density at radius 2 is 2.04 bits per heavy atom. The Morgan fingerprint density at radius 3 is 2.62 bits per heavy atom. The van der Waals surface area contributed by atoms with Gasteiger partial charge in [-0.05, 0) is 17.7 Å². The number of anilines is 1. The van der Waals surface area contributed by atoms with E-state index in [-0.39, 0.29) is 28.6 Å². The van der Waals surface area contributed by atoms with Crippen molar-refractivity contribution < 1.29 is 23.5 Å². The zero-order valence-electron chi connectivity index (χ0n) is 12.4. The summed E-state index contributed by atoms with van der Waals surface area (Å²) in [6.07, 6.45) is -1.19. The van der Waals surface area contributed by atoms with E-state index in [0.29, 0.717) is 0 Å². The summed E-state index contributed by atoms with van der Waals surface area (Å²) >= 11 is 5.56. The van der Waals surface area contributed by atoms with Crippen LogP contribution in [0.5, 0.6) is 5.75 Å². The summed E-state index contributed by atoms with van der Waals surface area (Å²) in [7, 11) is 1.29. The predicted octanol–water partition coefficient (Wildman–Crippen LogP) is 3.68. The van der Waals surface area contributed by atoms with Crippen LogP contribution in [0.2, 0.25) is 5.02 Å². The number of aliphatic hydroxyl groups is 1. The molecule has 0 aliphatic rings. The minimum Gasteiger partial charge on any atom is -0.497 e. The molecule has 0 aliphatic carbocycles. The van der Waals surface area contributed by atoms with Gasteiger partial charge in [0.2, 0.25) is 5.82 Å². The Bertz CT molecular complexity index is 773. The molecule has 0 saturated heterocycles. The molecule has 0 fully saturated rings. The van der Waals surface area contributed by atoms with Crippen LogP contribution in [0.15, 0.2) is 30.3 Å². The molecule has 9 heteroatoms. The minimum absolute atomic E-state index is 0.0765. The highest BCUT2D eigenvalue weighted by atomic mass is 35.5. The molecule has 0 aliphatic heterocycles. The Hall–Kier alpha value is -2.45. The highest BCUT2D eigenvalue weighted by Crippen LogP contribution is 2.33. The van der Waals surface area contributed by atoms with Gasteiger partial charge in [0.15, 0.2) is 0 Å². The van der Waals surface area contributed by atoms with E-state index in [0.717, 1.165) is 12.1 Å². The Morgan fingerprint density at radius 1 is 1.33 bits per heavy atom. The second-order valence-corrected chi connectivity index (χ2v) is 5.24. The molecule has 0 radical (unpaired) electrons. The molecule has 2 aromatic rings. The van der Waals surface area contributed by atoms with Gasteiger partial charge >= 0.3 is 5.69 Å². The van der Waals surface area contributed by atoms with E-state index in [9.17, 15) is 24.0 Å². The van der Waals surface area contributed by atoms with E-state index < -0.39 is 28.3 Å². The number of aliphatic hydroxyl groups excluding tert-OH is 1. The fourth-order valence-electron chi connectivity index (χ4n) is 2.06. The van der Waals surface area contributed by atoms with Gasteiger partial charge in [-0.25, -0.2) is 4.39 Å². The first-order valence-electron chi connectivity index (χ1n) is 6.72. The average Bonchev–Trinajstić information content (AvgIpc) is 2.54. The van der Waals surface area contributed by atoms with Crippen molar-refractivity contribution in [2.75, 3.05) is 19.0 Å². The van der Waals surface area contributed by atoms with Crippen molar-refractivity contribution >= 4 is 23.0 Å². The number of rotatable bonds is 6. The molecule has 2 rings (SSSR count).